The van der Waals surface area contributed by atoms with Crippen LogP contribution in [0.2, 0.25) is 0 Å². The largest absolute Gasteiger partial charge is 0.381 e. The summed E-state index contributed by atoms with van der Waals surface area (Å²) in [5.74, 6) is 0.525. The maximum Gasteiger partial charge on any atom is 0.171 e. The topological polar surface area (TPSA) is 39.2 Å². The van der Waals surface area contributed by atoms with Gasteiger partial charge in [-0.25, -0.2) is 4.98 Å². The number of Topliss-reactive ketones (excluding diaryl/α,β-unsaturated/α-hetero) is 1. The molecule has 0 spiro atoms. The predicted molar refractivity (Wildman–Crippen MR) is 55.0 cm³/mol. The number of carbonyl (C=O) groups is 1. The third kappa shape index (κ3) is 1.72. The van der Waals surface area contributed by atoms with E-state index < -0.39 is 0 Å². The molecule has 1 unspecified atom stereocenters. The SMILES string of the molecule is CC(=O)c1sc(C2CCOC2)nc1C. The number of aryl methyl sites for hydroxylation is 1. The number of nitrogens with zero attached hydrogens (tertiary/aromatic N) is 1. The van der Waals surface area contributed by atoms with Crippen molar-refractivity contribution in [2.24, 2.45) is 0 Å². The van der Waals surface area contributed by atoms with E-state index in [0.717, 1.165) is 35.2 Å². The Bertz CT molecular complexity index is 353. The van der Waals surface area contributed by atoms with Crippen LogP contribution in [-0.4, -0.2) is 24.0 Å². The van der Waals surface area contributed by atoms with Gasteiger partial charge in [0.1, 0.15) is 0 Å². The molecule has 1 aliphatic heterocycles. The van der Waals surface area contributed by atoms with Crippen molar-refractivity contribution in [2.75, 3.05) is 13.2 Å². The zero-order valence-corrected chi connectivity index (χ0v) is 9.19. The molecular weight excluding hydrogens is 198 g/mol. The van der Waals surface area contributed by atoms with Crippen LogP contribution in [0.1, 0.15) is 39.6 Å². The standard InChI is InChI=1S/C10H13NO2S/c1-6-9(7(2)12)14-10(11-6)8-3-4-13-5-8/h8H,3-5H2,1-2H3. The third-order valence-corrected chi connectivity index (χ3v) is 3.83. The Morgan fingerprint density at radius 1 is 1.64 bits per heavy atom. The Morgan fingerprint density at radius 3 is 2.93 bits per heavy atom. The van der Waals surface area contributed by atoms with Gasteiger partial charge in [0.25, 0.3) is 0 Å². The van der Waals surface area contributed by atoms with Gasteiger partial charge >= 0.3 is 0 Å². The number of ether oxygens (including phenoxy) is 1. The van der Waals surface area contributed by atoms with Crippen LogP contribution in [0.15, 0.2) is 0 Å². The van der Waals surface area contributed by atoms with Gasteiger partial charge in [0, 0.05) is 19.4 Å². The van der Waals surface area contributed by atoms with Crippen molar-refractivity contribution in [3.05, 3.63) is 15.6 Å². The highest BCUT2D eigenvalue weighted by Gasteiger charge is 2.23. The van der Waals surface area contributed by atoms with Gasteiger partial charge in [0.2, 0.25) is 0 Å². The van der Waals surface area contributed by atoms with Crippen LogP contribution < -0.4 is 0 Å². The number of carbonyl (C=O) groups excluding carboxylic acids is 1. The Balaban J connectivity index is 2.27. The van der Waals surface area contributed by atoms with Crippen LogP contribution in [-0.2, 0) is 4.74 Å². The molecule has 2 heterocycles. The van der Waals surface area contributed by atoms with E-state index in [-0.39, 0.29) is 5.78 Å². The van der Waals surface area contributed by atoms with E-state index in [2.05, 4.69) is 4.98 Å². The molecule has 1 saturated heterocycles. The molecule has 0 aliphatic carbocycles. The van der Waals surface area contributed by atoms with Crippen molar-refractivity contribution in [3.8, 4) is 0 Å². The minimum absolute atomic E-state index is 0.116. The summed E-state index contributed by atoms with van der Waals surface area (Å²) in [6, 6.07) is 0. The van der Waals surface area contributed by atoms with Crippen molar-refractivity contribution >= 4 is 17.1 Å². The number of ketones is 1. The molecule has 1 atom stereocenters. The molecule has 1 aromatic rings. The van der Waals surface area contributed by atoms with E-state index >= 15 is 0 Å². The molecule has 4 heteroatoms. The van der Waals surface area contributed by atoms with Gasteiger partial charge in [-0.05, 0) is 13.3 Å². The first-order valence-electron chi connectivity index (χ1n) is 4.74. The molecule has 14 heavy (non-hydrogen) atoms. The molecule has 0 bridgehead atoms. The summed E-state index contributed by atoms with van der Waals surface area (Å²) in [7, 11) is 0. The van der Waals surface area contributed by atoms with Gasteiger partial charge in [-0.1, -0.05) is 0 Å². The van der Waals surface area contributed by atoms with Gasteiger partial charge in [-0.15, -0.1) is 11.3 Å². The number of hydrogen-bond acceptors (Lipinski definition) is 4. The molecule has 0 aromatic carbocycles. The predicted octanol–water partition coefficient (Wildman–Crippen LogP) is 2.16. The molecule has 0 radical (unpaired) electrons. The average molecular weight is 211 g/mol. The summed E-state index contributed by atoms with van der Waals surface area (Å²) in [5.41, 5.74) is 0.865. The maximum atomic E-state index is 11.2. The quantitative estimate of drug-likeness (QED) is 0.704. The zero-order chi connectivity index (χ0) is 10.1. The summed E-state index contributed by atoms with van der Waals surface area (Å²) in [6.07, 6.45) is 1.03. The molecule has 3 nitrogen and oxygen atoms in total. The lowest BCUT2D eigenvalue weighted by Crippen LogP contribution is -1.96. The van der Waals surface area contributed by atoms with E-state index in [9.17, 15) is 4.79 Å². The van der Waals surface area contributed by atoms with Crippen molar-refractivity contribution in [1.29, 1.82) is 0 Å². The van der Waals surface area contributed by atoms with Crippen LogP contribution in [0.25, 0.3) is 0 Å². The highest BCUT2D eigenvalue weighted by Crippen LogP contribution is 2.30. The second-order valence-electron chi connectivity index (χ2n) is 3.58. The Kier molecular flexibility index (Phi) is 2.65. The van der Waals surface area contributed by atoms with Crippen LogP contribution in [0, 0.1) is 6.92 Å². The van der Waals surface area contributed by atoms with Crippen molar-refractivity contribution in [3.63, 3.8) is 0 Å². The Hall–Kier alpha value is -0.740. The van der Waals surface area contributed by atoms with E-state index in [1.807, 2.05) is 6.92 Å². The van der Waals surface area contributed by atoms with Gasteiger partial charge in [-0.2, -0.15) is 0 Å². The highest BCUT2D eigenvalue weighted by molar-refractivity contribution is 7.13. The van der Waals surface area contributed by atoms with Gasteiger partial charge in [0.05, 0.1) is 22.2 Å². The van der Waals surface area contributed by atoms with Gasteiger partial charge in [0.15, 0.2) is 5.78 Å². The van der Waals surface area contributed by atoms with Gasteiger partial charge in [-0.3, -0.25) is 4.79 Å². The minimum atomic E-state index is 0.116. The first kappa shape index (κ1) is 9.80. The molecule has 0 amide bonds. The summed E-state index contributed by atoms with van der Waals surface area (Å²) in [6.45, 7) is 5.06. The van der Waals surface area contributed by atoms with Crippen LogP contribution in [0.4, 0.5) is 0 Å². The summed E-state index contributed by atoms with van der Waals surface area (Å²) < 4.78 is 5.30. The summed E-state index contributed by atoms with van der Waals surface area (Å²) in [4.78, 5) is 16.5. The normalized spacial score (nSPS) is 21.4. The molecule has 1 fully saturated rings. The molecule has 0 N–H and O–H groups in total. The van der Waals surface area contributed by atoms with Crippen molar-refractivity contribution in [1.82, 2.24) is 4.98 Å². The second kappa shape index (κ2) is 3.79. The van der Waals surface area contributed by atoms with Crippen LogP contribution in [0.5, 0.6) is 0 Å². The average Bonchev–Trinajstić information content (AvgIpc) is 2.70. The molecule has 76 valence electrons. The highest BCUT2D eigenvalue weighted by atomic mass is 32.1. The zero-order valence-electron chi connectivity index (χ0n) is 8.37. The summed E-state index contributed by atoms with van der Waals surface area (Å²) in [5, 5.41) is 1.06. The Labute approximate surface area is 87.1 Å². The number of thiazole rings is 1. The Morgan fingerprint density at radius 2 is 2.43 bits per heavy atom. The van der Waals surface area contributed by atoms with Gasteiger partial charge < -0.3 is 4.74 Å². The summed E-state index contributed by atoms with van der Waals surface area (Å²) >= 11 is 1.52. The molecular formula is C10H13NO2S. The fourth-order valence-electron chi connectivity index (χ4n) is 1.65. The molecule has 1 aliphatic rings. The second-order valence-corrected chi connectivity index (χ2v) is 4.61. The van der Waals surface area contributed by atoms with Crippen LogP contribution >= 0.6 is 11.3 Å². The van der Waals surface area contributed by atoms with Crippen molar-refractivity contribution in [2.45, 2.75) is 26.2 Å². The number of hydrogen-bond donors (Lipinski definition) is 0. The molecule has 2 rings (SSSR count). The van der Waals surface area contributed by atoms with Crippen molar-refractivity contribution < 1.29 is 9.53 Å². The minimum Gasteiger partial charge on any atom is -0.381 e. The number of rotatable bonds is 2. The monoisotopic (exact) mass is 211 g/mol. The maximum absolute atomic E-state index is 11.2. The lowest BCUT2D eigenvalue weighted by Gasteiger charge is -2.00. The number of aromatic nitrogens is 1. The van der Waals surface area contributed by atoms with E-state index in [1.165, 1.54) is 11.3 Å². The fraction of sp³-hybridized carbons (Fsp3) is 0.600. The first-order valence-corrected chi connectivity index (χ1v) is 5.56. The fourth-order valence-corrected chi connectivity index (χ4v) is 2.73. The smallest absolute Gasteiger partial charge is 0.171 e. The van der Waals surface area contributed by atoms with E-state index in [1.54, 1.807) is 6.92 Å². The van der Waals surface area contributed by atoms with Crippen LogP contribution in [0.3, 0.4) is 0 Å². The molecule has 0 saturated carbocycles. The third-order valence-electron chi connectivity index (χ3n) is 2.41. The van der Waals surface area contributed by atoms with E-state index in [4.69, 9.17) is 4.74 Å². The first-order chi connectivity index (χ1) is 6.68. The molecule has 1 aromatic heterocycles. The van der Waals surface area contributed by atoms with E-state index in [0.29, 0.717) is 5.92 Å². The lowest BCUT2D eigenvalue weighted by molar-refractivity contribution is 0.102. The lowest BCUT2D eigenvalue weighted by atomic mass is 10.1.